The van der Waals surface area contributed by atoms with Gasteiger partial charge >= 0.3 is 5.91 Å². The molecule has 0 spiro atoms. The molecule has 0 radical (unpaired) electrons. The Morgan fingerprint density at radius 3 is 2.67 bits per heavy atom. The van der Waals surface area contributed by atoms with E-state index in [9.17, 15) is 10.0 Å². The fraction of sp³-hybridized carbons (Fsp3) is 0. The minimum absolute atomic E-state index is 0.0569. The molecule has 0 unspecified atom stereocenters. The number of carbonyl (C=O) groups excluding carboxylic acids is 1. The molecule has 0 bridgehead atoms. The second-order valence-corrected chi connectivity index (χ2v) is 5.17. The fourth-order valence-electron chi connectivity index (χ4n) is 1.86. The summed E-state index contributed by atoms with van der Waals surface area (Å²) in [6.07, 6.45) is 3.04. The van der Waals surface area contributed by atoms with E-state index in [1.807, 2.05) is 17.5 Å². The van der Waals surface area contributed by atoms with Crippen LogP contribution in [0.2, 0.25) is 0 Å². The molecule has 3 aromatic rings. The van der Waals surface area contributed by atoms with Crippen LogP contribution < -0.4 is 10.0 Å². The summed E-state index contributed by atoms with van der Waals surface area (Å²) in [6.45, 7) is 0. The zero-order chi connectivity index (χ0) is 14.7. The fourth-order valence-corrected chi connectivity index (χ4v) is 2.51. The number of benzene rings is 1. The predicted octanol–water partition coefficient (Wildman–Crippen LogP) is 2.70. The molecule has 1 aromatic carbocycles. The number of hydrogen-bond donors (Lipinski definition) is 1. The predicted molar refractivity (Wildman–Crippen MR) is 80.9 cm³/mol. The van der Waals surface area contributed by atoms with Crippen LogP contribution in [0.4, 0.5) is 5.69 Å². The average Bonchev–Trinajstić information content (AvgIpc) is 3.02. The van der Waals surface area contributed by atoms with Crippen LogP contribution in [0.15, 0.2) is 60.2 Å². The van der Waals surface area contributed by atoms with E-state index in [4.69, 9.17) is 0 Å². The lowest BCUT2D eigenvalue weighted by Gasteiger charge is -2.06. The highest BCUT2D eigenvalue weighted by atomic mass is 32.1. The third kappa shape index (κ3) is 2.90. The molecule has 1 N–H and O–H groups in total. The Morgan fingerprint density at radius 1 is 1.19 bits per heavy atom. The van der Waals surface area contributed by atoms with Gasteiger partial charge in [-0.2, -0.15) is 4.73 Å². The molecule has 3 rings (SSSR count). The zero-order valence-electron chi connectivity index (χ0n) is 10.9. The van der Waals surface area contributed by atoms with E-state index in [1.54, 1.807) is 41.8 Å². The van der Waals surface area contributed by atoms with Crippen LogP contribution in [0.3, 0.4) is 0 Å². The normalized spacial score (nSPS) is 10.3. The highest BCUT2D eigenvalue weighted by Gasteiger charge is 2.14. The molecule has 104 valence electrons. The SMILES string of the molecule is O=C(Nc1ccc(-c2nccs2)cc1)c1cccc[n+]1[O-]. The number of amides is 1. The van der Waals surface area contributed by atoms with E-state index >= 15 is 0 Å². The number of nitrogens with zero attached hydrogens (tertiary/aromatic N) is 2. The minimum atomic E-state index is -0.437. The minimum Gasteiger partial charge on any atom is -0.618 e. The van der Waals surface area contributed by atoms with Crippen molar-refractivity contribution in [3.05, 3.63) is 71.1 Å². The summed E-state index contributed by atoms with van der Waals surface area (Å²) in [4.78, 5) is 16.2. The Balaban J connectivity index is 1.77. The Morgan fingerprint density at radius 2 is 2.00 bits per heavy atom. The summed E-state index contributed by atoms with van der Waals surface area (Å²) in [5, 5.41) is 17.0. The highest BCUT2D eigenvalue weighted by Crippen LogP contribution is 2.23. The van der Waals surface area contributed by atoms with Crippen molar-refractivity contribution in [3.8, 4) is 10.6 Å². The molecule has 0 aliphatic rings. The largest absolute Gasteiger partial charge is 0.618 e. The van der Waals surface area contributed by atoms with Gasteiger partial charge in [-0.05, 0) is 30.3 Å². The van der Waals surface area contributed by atoms with Gasteiger partial charge in [0.1, 0.15) is 5.01 Å². The lowest BCUT2D eigenvalue weighted by Crippen LogP contribution is -2.36. The van der Waals surface area contributed by atoms with Crippen molar-refractivity contribution in [2.45, 2.75) is 0 Å². The maximum Gasteiger partial charge on any atom is 0.321 e. The van der Waals surface area contributed by atoms with Gasteiger partial charge in [0.15, 0.2) is 6.20 Å². The third-order valence-electron chi connectivity index (χ3n) is 2.88. The Hall–Kier alpha value is -2.73. The number of anilines is 1. The van der Waals surface area contributed by atoms with Crippen LogP contribution in [-0.4, -0.2) is 10.9 Å². The van der Waals surface area contributed by atoms with E-state index < -0.39 is 5.91 Å². The zero-order valence-corrected chi connectivity index (χ0v) is 11.7. The van der Waals surface area contributed by atoms with Crippen molar-refractivity contribution in [2.24, 2.45) is 0 Å². The number of thiazole rings is 1. The number of carbonyl (C=O) groups is 1. The molecule has 0 saturated heterocycles. The maximum absolute atomic E-state index is 12.0. The van der Waals surface area contributed by atoms with Gasteiger partial charge in [-0.3, -0.25) is 4.79 Å². The lowest BCUT2D eigenvalue weighted by atomic mass is 10.2. The molecule has 0 saturated carbocycles. The summed E-state index contributed by atoms with van der Waals surface area (Å²) in [6, 6.07) is 12.0. The molecule has 2 heterocycles. The second kappa shape index (κ2) is 5.72. The molecule has 2 aromatic heterocycles. The quantitative estimate of drug-likeness (QED) is 0.597. The van der Waals surface area contributed by atoms with Crippen LogP contribution in [0.1, 0.15) is 10.5 Å². The Labute approximate surface area is 125 Å². The van der Waals surface area contributed by atoms with Gasteiger partial charge in [-0.15, -0.1) is 11.3 Å². The van der Waals surface area contributed by atoms with Crippen molar-refractivity contribution >= 4 is 22.9 Å². The van der Waals surface area contributed by atoms with Gasteiger partial charge in [0, 0.05) is 35.0 Å². The lowest BCUT2D eigenvalue weighted by molar-refractivity contribution is -0.607. The van der Waals surface area contributed by atoms with Gasteiger partial charge in [0.05, 0.1) is 0 Å². The summed E-state index contributed by atoms with van der Waals surface area (Å²) < 4.78 is 0.541. The van der Waals surface area contributed by atoms with Gasteiger partial charge < -0.3 is 10.5 Å². The number of nitrogens with one attached hydrogen (secondary N) is 1. The first-order chi connectivity index (χ1) is 10.2. The molecule has 0 aliphatic heterocycles. The number of hydrogen-bond acceptors (Lipinski definition) is 4. The summed E-state index contributed by atoms with van der Waals surface area (Å²) in [5.74, 6) is -0.437. The van der Waals surface area contributed by atoms with Crippen molar-refractivity contribution in [1.29, 1.82) is 0 Å². The molecule has 0 fully saturated rings. The van der Waals surface area contributed by atoms with E-state index in [2.05, 4.69) is 10.3 Å². The first-order valence-electron chi connectivity index (χ1n) is 6.23. The van der Waals surface area contributed by atoms with Crippen molar-refractivity contribution in [1.82, 2.24) is 4.98 Å². The maximum atomic E-state index is 12.0. The van der Waals surface area contributed by atoms with Gasteiger partial charge in [-0.1, -0.05) is 0 Å². The first kappa shape index (κ1) is 13.3. The molecule has 6 heteroatoms. The van der Waals surface area contributed by atoms with E-state index in [-0.39, 0.29) is 5.69 Å². The molecular formula is C15H11N3O2S. The second-order valence-electron chi connectivity index (χ2n) is 4.28. The standard InChI is InChI=1S/C15H11N3O2S/c19-14(13-3-1-2-9-18(13)20)17-12-6-4-11(5-7-12)15-16-8-10-21-15/h1-10H,(H,17,19). The monoisotopic (exact) mass is 297 g/mol. The summed E-state index contributed by atoms with van der Waals surface area (Å²) in [5.41, 5.74) is 1.67. The number of pyridine rings is 1. The van der Waals surface area contributed by atoms with Crippen LogP contribution in [-0.2, 0) is 0 Å². The number of aromatic nitrogens is 2. The van der Waals surface area contributed by atoms with Gasteiger partial charge in [0.2, 0.25) is 0 Å². The first-order valence-corrected chi connectivity index (χ1v) is 7.11. The van der Waals surface area contributed by atoms with E-state index in [1.165, 1.54) is 12.3 Å². The molecule has 1 amide bonds. The molecule has 0 aliphatic carbocycles. The third-order valence-corrected chi connectivity index (χ3v) is 3.70. The molecular weight excluding hydrogens is 286 g/mol. The van der Waals surface area contributed by atoms with Gasteiger partial charge in [-0.25, -0.2) is 4.98 Å². The van der Waals surface area contributed by atoms with Gasteiger partial charge in [0.25, 0.3) is 5.69 Å². The van der Waals surface area contributed by atoms with Crippen molar-refractivity contribution < 1.29 is 9.52 Å². The number of rotatable bonds is 3. The summed E-state index contributed by atoms with van der Waals surface area (Å²) >= 11 is 1.55. The van der Waals surface area contributed by atoms with E-state index in [0.717, 1.165) is 10.6 Å². The molecule has 5 nitrogen and oxygen atoms in total. The molecule has 21 heavy (non-hydrogen) atoms. The van der Waals surface area contributed by atoms with Crippen molar-refractivity contribution in [3.63, 3.8) is 0 Å². The van der Waals surface area contributed by atoms with Crippen LogP contribution >= 0.6 is 11.3 Å². The Bertz CT molecular complexity index is 755. The highest BCUT2D eigenvalue weighted by molar-refractivity contribution is 7.13. The van der Waals surface area contributed by atoms with E-state index in [0.29, 0.717) is 10.4 Å². The van der Waals surface area contributed by atoms with Crippen LogP contribution in [0.25, 0.3) is 10.6 Å². The van der Waals surface area contributed by atoms with Crippen LogP contribution in [0, 0.1) is 5.21 Å². The molecule has 0 atom stereocenters. The Kier molecular flexibility index (Phi) is 3.61. The average molecular weight is 297 g/mol. The van der Waals surface area contributed by atoms with Crippen molar-refractivity contribution in [2.75, 3.05) is 5.32 Å². The topological polar surface area (TPSA) is 68.9 Å². The summed E-state index contributed by atoms with van der Waals surface area (Å²) in [7, 11) is 0. The smallest absolute Gasteiger partial charge is 0.321 e. The van der Waals surface area contributed by atoms with Crippen LogP contribution in [0.5, 0.6) is 0 Å².